The number of piperazine rings is 1. The number of fused-ring (bicyclic) bond motifs is 1. The van der Waals surface area contributed by atoms with Crippen LogP contribution in [0.3, 0.4) is 0 Å². The molecule has 0 bridgehead atoms. The Morgan fingerprint density at radius 2 is 1.69 bits per heavy atom. The predicted octanol–water partition coefficient (Wildman–Crippen LogP) is 2.22. The molecule has 4 rings (SSSR count). The minimum atomic E-state index is -0.496. The average molecular weight is 393 g/mol. The van der Waals surface area contributed by atoms with Crippen LogP contribution in [0.2, 0.25) is 0 Å². The number of aryl methyl sites for hydroxylation is 1. The van der Waals surface area contributed by atoms with Crippen molar-refractivity contribution in [3.05, 3.63) is 65.2 Å². The molecular formula is C23H27N3O3. The zero-order valence-electron chi connectivity index (χ0n) is 16.8. The minimum absolute atomic E-state index is 0.157. The Balaban J connectivity index is 1.19. The lowest BCUT2D eigenvalue weighted by Crippen LogP contribution is -2.48. The second-order valence-electron chi connectivity index (χ2n) is 7.89. The first-order valence-corrected chi connectivity index (χ1v) is 10.2. The summed E-state index contributed by atoms with van der Waals surface area (Å²) in [7, 11) is 0. The topological polar surface area (TPSA) is 61.9 Å². The van der Waals surface area contributed by atoms with E-state index in [-0.39, 0.29) is 6.54 Å². The van der Waals surface area contributed by atoms with E-state index < -0.39 is 18.0 Å². The number of carbonyl (C=O) groups is 2. The molecule has 2 aromatic carbocycles. The van der Waals surface area contributed by atoms with Gasteiger partial charge in [0, 0.05) is 44.8 Å². The Morgan fingerprint density at radius 3 is 2.41 bits per heavy atom. The van der Waals surface area contributed by atoms with Crippen LogP contribution in [0.1, 0.15) is 16.7 Å². The van der Waals surface area contributed by atoms with Crippen LogP contribution in [0.4, 0.5) is 5.69 Å². The molecule has 29 heavy (non-hydrogen) atoms. The molecule has 2 heterocycles. The van der Waals surface area contributed by atoms with Gasteiger partial charge in [0.25, 0.3) is 0 Å². The Bertz CT molecular complexity index is 848. The molecular weight excluding hydrogens is 366 g/mol. The van der Waals surface area contributed by atoms with Crippen LogP contribution in [0.25, 0.3) is 0 Å². The molecule has 0 aliphatic carbocycles. The molecule has 2 aliphatic heterocycles. The van der Waals surface area contributed by atoms with Gasteiger partial charge in [-0.1, -0.05) is 48.0 Å². The van der Waals surface area contributed by atoms with Crippen molar-refractivity contribution in [3.8, 4) is 0 Å². The van der Waals surface area contributed by atoms with E-state index in [1.165, 1.54) is 11.1 Å². The number of rotatable bonds is 5. The summed E-state index contributed by atoms with van der Waals surface area (Å²) < 4.78 is 5.11. The summed E-state index contributed by atoms with van der Waals surface area (Å²) in [4.78, 5) is 29.0. The van der Waals surface area contributed by atoms with E-state index in [1.54, 1.807) is 0 Å². The number of para-hydroxylation sites is 1. The van der Waals surface area contributed by atoms with Gasteiger partial charge in [0.2, 0.25) is 0 Å². The summed E-state index contributed by atoms with van der Waals surface area (Å²) in [6, 6.07) is 15.9. The lowest BCUT2D eigenvalue weighted by molar-refractivity contribution is -0.161. The van der Waals surface area contributed by atoms with Gasteiger partial charge in [-0.05, 0) is 24.1 Å². The Morgan fingerprint density at radius 1 is 1.00 bits per heavy atom. The normalized spacial score (nSPS) is 19.4. The smallest absolute Gasteiger partial charge is 0.336 e. The minimum Gasteiger partial charge on any atom is -0.391 e. The van der Waals surface area contributed by atoms with Crippen molar-refractivity contribution >= 4 is 17.6 Å². The molecule has 1 N–H and O–H groups in total. The van der Waals surface area contributed by atoms with Gasteiger partial charge in [-0.2, -0.15) is 0 Å². The van der Waals surface area contributed by atoms with Gasteiger partial charge in [0.15, 0.2) is 0 Å². The maximum Gasteiger partial charge on any atom is 0.336 e. The first-order chi connectivity index (χ1) is 14.1. The molecule has 2 aliphatic rings. The lowest BCUT2D eigenvalue weighted by atomic mass is 10.1. The number of ether oxygens (including phenoxy) is 1. The van der Waals surface area contributed by atoms with E-state index in [0.717, 1.165) is 44.0 Å². The van der Waals surface area contributed by atoms with Crippen molar-refractivity contribution in [2.45, 2.75) is 25.9 Å². The SMILES string of the molecule is Cc1ccc(CN2CCN(CC(=O)OC(=O)C3Cc4ccccc4N3)CC2)cc1. The number of carbonyl (C=O) groups excluding carboxylic acids is 2. The molecule has 6 nitrogen and oxygen atoms in total. The van der Waals surface area contributed by atoms with Gasteiger partial charge < -0.3 is 10.1 Å². The first-order valence-electron chi connectivity index (χ1n) is 10.2. The van der Waals surface area contributed by atoms with Gasteiger partial charge in [-0.25, -0.2) is 4.79 Å². The van der Waals surface area contributed by atoms with Crippen molar-refractivity contribution in [3.63, 3.8) is 0 Å². The third-order valence-electron chi connectivity index (χ3n) is 5.61. The molecule has 1 saturated heterocycles. The molecule has 0 amide bonds. The van der Waals surface area contributed by atoms with E-state index in [2.05, 4.69) is 46.3 Å². The van der Waals surface area contributed by atoms with Crippen LogP contribution in [-0.4, -0.2) is 60.5 Å². The summed E-state index contributed by atoms with van der Waals surface area (Å²) in [6.45, 7) is 6.55. The second-order valence-corrected chi connectivity index (χ2v) is 7.89. The third-order valence-corrected chi connectivity index (χ3v) is 5.61. The molecule has 2 aromatic rings. The van der Waals surface area contributed by atoms with E-state index in [4.69, 9.17) is 4.74 Å². The fourth-order valence-corrected chi connectivity index (χ4v) is 3.90. The Kier molecular flexibility index (Phi) is 5.92. The van der Waals surface area contributed by atoms with Crippen LogP contribution in [0.15, 0.2) is 48.5 Å². The number of benzene rings is 2. The molecule has 0 saturated carbocycles. The molecule has 1 fully saturated rings. The molecule has 152 valence electrons. The number of hydrogen-bond acceptors (Lipinski definition) is 6. The van der Waals surface area contributed by atoms with Crippen molar-refractivity contribution < 1.29 is 14.3 Å². The number of nitrogens with zero attached hydrogens (tertiary/aromatic N) is 2. The number of anilines is 1. The molecule has 6 heteroatoms. The molecule has 0 spiro atoms. The van der Waals surface area contributed by atoms with Gasteiger partial charge in [-0.15, -0.1) is 0 Å². The summed E-state index contributed by atoms with van der Waals surface area (Å²) in [6.07, 6.45) is 0.556. The maximum atomic E-state index is 12.3. The Hall–Kier alpha value is -2.70. The highest BCUT2D eigenvalue weighted by molar-refractivity contribution is 5.92. The fraction of sp³-hybridized carbons (Fsp3) is 0.391. The lowest BCUT2D eigenvalue weighted by Gasteiger charge is -2.34. The van der Waals surface area contributed by atoms with E-state index in [0.29, 0.717) is 6.42 Å². The maximum absolute atomic E-state index is 12.3. The highest BCUT2D eigenvalue weighted by Crippen LogP contribution is 2.25. The van der Waals surface area contributed by atoms with Crippen LogP contribution in [-0.2, 0) is 27.3 Å². The number of esters is 2. The Labute approximate surface area is 171 Å². The van der Waals surface area contributed by atoms with E-state index in [1.807, 2.05) is 24.3 Å². The number of hydrogen-bond donors (Lipinski definition) is 1. The standard InChI is InChI=1S/C23H27N3O3/c1-17-6-8-18(9-7-17)15-25-10-12-26(13-11-25)16-22(27)29-23(28)21-14-19-4-2-3-5-20(19)24-21/h2-9,21,24H,10-16H2,1H3. The second kappa shape index (κ2) is 8.76. The van der Waals surface area contributed by atoms with Crippen LogP contribution in [0, 0.1) is 6.92 Å². The number of nitrogens with one attached hydrogen (secondary N) is 1. The monoisotopic (exact) mass is 393 g/mol. The molecule has 1 unspecified atom stereocenters. The fourth-order valence-electron chi connectivity index (χ4n) is 3.90. The average Bonchev–Trinajstić information content (AvgIpc) is 3.16. The molecule has 1 atom stereocenters. The van der Waals surface area contributed by atoms with Crippen LogP contribution >= 0.6 is 0 Å². The highest BCUT2D eigenvalue weighted by Gasteiger charge is 2.30. The van der Waals surface area contributed by atoms with Crippen molar-refractivity contribution in [1.82, 2.24) is 9.80 Å². The quantitative estimate of drug-likeness (QED) is 0.621. The van der Waals surface area contributed by atoms with Gasteiger partial charge in [-0.3, -0.25) is 14.6 Å². The molecule has 0 aromatic heterocycles. The highest BCUT2D eigenvalue weighted by atomic mass is 16.6. The predicted molar refractivity (Wildman–Crippen MR) is 112 cm³/mol. The zero-order chi connectivity index (χ0) is 20.2. The third kappa shape index (κ3) is 5.02. The zero-order valence-corrected chi connectivity index (χ0v) is 16.8. The molecule has 0 radical (unpaired) electrons. The van der Waals surface area contributed by atoms with Crippen molar-refractivity contribution in [1.29, 1.82) is 0 Å². The van der Waals surface area contributed by atoms with Crippen LogP contribution < -0.4 is 5.32 Å². The van der Waals surface area contributed by atoms with Gasteiger partial charge in [0.05, 0.1) is 6.54 Å². The van der Waals surface area contributed by atoms with Crippen molar-refractivity contribution in [2.24, 2.45) is 0 Å². The summed E-state index contributed by atoms with van der Waals surface area (Å²) in [5, 5.41) is 3.13. The summed E-state index contributed by atoms with van der Waals surface area (Å²) in [5.74, 6) is -0.969. The summed E-state index contributed by atoms with van der Waals surface area (Å²) >= 11 is 0. The van der Waals surface area contributed by atoms with Gasteiger partial charge >= 0.3 is 11.9 Å². The summed E-state index contributed by atoms with van der Waals surface area (Å²) in [5.41, 5.74) is 4.58. The largest absolute Gasteiger partial charge is 0.391 e. The van der Waals surface area contributed by atoms with Crippen LogP contribution in [0.5, 0.6) is 0 Å². The van der Waals surface area contributed by atoms with E-state index >= 15 is 0 Å². The first kappa shape index (κ1) is 19.6. The van der Waals surface area contributed by atoms with E-state index in [9.17, 15) is 9.59 Å². The van der Waals surface area contributed by atoms with Crippen molar-refractivity contribution in [2.75, 3.05) is 38.0 Å². The van der Waals surface area contributed by atoms with Gasteiger partial charge in [0.1, 0.15) is 6.04 Å².